The van der Waals surface area contributed by atoms with Crippen molar-refractivity contribution in [3.05, 3.63) is 12.2 Å². The average molecular weight is 240 g/mol. The first-order chi connectivity index (χ1) is 7.66. The molecule has 2 aliphatic rings. The lowest BCUT2D eigenvalue weighted by Gasteiger charge is -2.35. The second kappa shape index (κ2) is 4.08. The fourth-order valence-electron chi connectivity index (χ4n) is 2.32. The molecule has 2 bridgehead atoms. The smallest absolute Gasteiger partial charge is 0.117 e. The molecular formula is C14H24O3. The minimum absolute atomic E-state index is 0.00391. The van der Waals surface area contributed by atoms with Crippen molar-refractivity contribution in [2.75, 3.05) is 0 Å². The highest BCUT2D eigenvalue weighted by Crippen LogP contribution is 2.37. The Morgan fingerprint density at radius 1 is 0.765 bits per heavy atom. The van der Waals surface area contributed by atoms with E-state index in [9.17, 15) is 0 Å². The lowest BCUT2D eigenvalue weighted by Crippen LogP contribution is -2.46. The Morgan fingerprint density at radius 3 is 1.41 bits per heavy atom. The largest absolute Gasteiger partial charge is 0.367 e. The van der Waals surface area contributed by atoms with E-state index in [-0.39, 0.29) is 35.6 Å². The molecule has 1 saturated heterocycles. The Kier molecular flexibility index (Phi) is 3.13. The van der Waals surface area contributed by atoms with Crippen LogP contribution in [0.5, 0.6) is 0 Å². The van der Waals surface area contributed by atoms with Crippen LogP contribution < -0.4 is 0 Å². The van der Waals surface area contributed by atoms with Gasteiger partial charge in [0.1, 0.15) is 24.4 Å². The van der Waals surface area contributed by atoms with Gasteiger partial charge < -0.3 is 14.2 Å². The molecule has 0 aromatic heterocycles. The minimum atomic E-state index is -0.175. The fourth-order valence-corrected chi connectivity index (χ4v) is 2.32. The molecule has 0 spiro atoms. The van der Waals surface area contributed by atoms with E-state index in [0.29, 0.717) is 0 Å². The van der Waals surface area contributed by atoms with Gasteiger partial charge in [-0.05, 0) is 41.5 Å². The van der Waals surface area contributed by atoms with Gasteiger partial charge in [-0.15, -0.1) is 0 Å². The third kappa shape index (κ3) is 3.09. The van der Waals surface area contributed by atoms with Gasteiger partial charge in [0.25, 0.3) is 0 Å². The summed E-state index contributed by atoms with van der Waals surface area (Å²) < 4.78 is 18.0. The average Bonchev–Trinajstić information content (AvgIpc) is 2.63. The first kappa shape index (κ1) is 13.1. The van der Waals surface area contributed by atoms with E-state index in [4.69, 9.17) is 14.2 Å². The van der Waals surface area contributed by atoms with Gasteiger partial charge in [0.2, 0.25) is 0 Å². The van der Waals surface area contributed by atoms with E-state index in [1.165, 1.54) is 0 Å². The molecule has 0 aliphatic carbocycles. The summed E-state index contributed by atoms with van der Waals surface area (Å²) >= 11 is 0. The maximum Gasteiger partial charge on any atom is 0.117 e. The van der Waals surface area contributed by atoms with Gasteiger partial charge in [-0.2, -0.15) is 0 Å². The molecule has 0 aromatic rings. The molecule has 4 atom stereocenters. The summed E-state index contributed by atoms with van der Waals surface area (Å²) in [4.78, 5) is 0. The summed E-state index contributed by atoms with van der Waals surface area (Å²) in [5.74, 6) is 0. The molecule has 98 valence electrons. The highest BCUT2D eigenvalue weighted by molar-refractivity contribution is 5.17. The lowest BCUT2D eigenvalue weighted by atomic mass is 9.99. The zero-order valence-corrected chi connectivity index (χ0v) is 11.7. The molecule has 17 heavy (non-hydrogen) atoms. The molecule has 4 unspecified atom stereocenters. The molecule has 0 N–H and O–H groups in total. The standard InChI is InChI=1S/C14H24O3/c1-13(2,3)16-11-9-7-8-10(15-9)12(11)17-14(4,5)6/h7-12H,1-6H3. The minimum Gasteiger partial charge on any atom is -0.367 e. The summed E-state index contributed by atoms with van der Waals surface area (Å²) in [6.45, 7) is 12.4. The van der Waals surface area contributed by atoms with Crippen LogP contribution in [0.15, 0.2) is 12.2 Å². The van der Waals surface area contributed by atoms with Crippen LogP contribution in [0.4, 0.5) is 0 Å². The SMILES string of the molecule is CC(C)(C)OC1C2C=CC(O2)C1OC(C)(C)C. The van der Waals surface area contributed by atoms with Crippen molar-refractivity contribution in [2.24, 2.45) is 0 Å². The summed E-state index contributed by atoms with van der Waals surface area (Å²) in [6, 6.07) is 0. The second-order valence-corrected chi connectivity index (χ2v) is 6.84. The van der Waals surface area contributed by atoms with Crippen LogP contribution in [0, 0.1) is 0 Å². The van der Waals surface area contributed by atoms with Gasteiger partial charge in [0, 0.05) is 0 Å². The molecule has 0 radical (unpaired) electrons. The third-order valence-corrected chi connectivity index (χ3v) is 2.76. The predicted molar refractivity (Wildman–Crippen MR) is 67.1 cm³/mol. The van der Waals surface area contributed by atoms with Crippen molar-refractivity contribution >= 4 is 0 Å². The van der Waals surface area contributed by atoms with E-state index in [2.05, 4.69) is 53.7 Å². The summed E-state index contributed by atoms with van der Waals surface area (Å²) in [6.07, 6.45) is 4.28. The molecule has 3 heteroatoms. The molecule has 3 nitrogen and oxygen atoms in total. The molecule has 0 aromatic carbocycles. The summed E-state index contributed by atoms with van der Waals surface area (Å²) in [5.41, 5.74) is -0.350. The number of hydrogen-bond donors (Lipinski definition) is 0. The normalized spacial score (nSPS) is 36.8. The zero-order valence-electron chi connectivity index (χ0n) is 11.7. The van der Waals surface area contributed by atoms with E-state index in [1.807, 2.05) is 0 Å². The van der Waals surface area contributed by atoms with Gasteiger partial charge in [-0.3, -0.25) is 0 Å². The van der Waals surface area contributed by atoms with E-state index in [0.717, 1.165) is 0 Å². The summed E-state index contributed by atoms with van der Waals surface area (Å²) in [5, 5.41) is 0. The highest BCUT2D eigenvalue weighted by atomic mass is 16.6. The molecule has 2 heterocycles. The van der Waals surface area contributed by atoms with Crippen molar-refractivity contribution in [3.8, 4) is 0 Å². The van der Waals surface area contributed by atoms with Gasteiger partial charge in [-0.25, -0.2) is 0 Å². The molecule has 0 saturated carbocycles. The molecular weight excluding hydrogens is 216 g/mol. The molecule has 2 rings (SSSR count). The predicted octanol–water partition coefficient (Wildman–Crippen LogP) is 2.69. The number of rotatable bonds is 2. The van der Waals surface area contributed by atoms with Crippen LogP contribution in [0.2, 0.25) is 0 Å². The van der Waals surface area contributed by atoms with Crippen LogP contribution in [-0.2, 0) is 14.2 Å². The van der Waals surface area contributed by atoms with Crippen molar-refractivity contribution < 1.29 is 14.2 Å². The summed E-state index contributed by atoms with van der Waals surface area (Å²) in [7, 11) is 0. The van der Waals surface area contributed by atoms with Crippen LogP contribution in [0.25, 0.3) is 0 Å². The van der Waals surface area contributed by atoms with Crippen molar-refractivity contribution in [1.82, 2.24) is 0 Å². The quantitative estimate of drug-likeness (QED) is 0.695. The van der Waals surface area contributed by atoms with Gasteiger partial charge in [0.15, 0.2) is 0 Å². The third-order valence-electron chi connectivity index (χ3n) is 2.76. The first-order valence-corrected chi connectivity index (χ1v) is 6.35. The molecule has 0 amide bonds. The van der Waals surface area contributed by atoms with Crippen LogP contribution in [0.3, 0.4) is 0 Å². The number of hydrogen-bond acceptors (Lipinski definition) is 3. The monoisotopic (exact) mass is 240 g/mol. The number of ether oxygens (including phenoxy) is 3. The maximum absolute atomic E-state index is 6.09. The Morgan fingerprint density at radius 2 is 1.12 bits per heavy atom. The van der Waals surface area contributed by atoms with Gasteiger partial charge in [-0.1, -0.05) is 12.2 Å². The van der Waals surface area contributed by atoms with Crippen molar-refractivity contribution in [2.45, 2.75) is 77.2 Å². The van der Waals surface area contributed by atoms with E-state index >= 15 is 0 Å². The highest BCUT2D eigenvalue weighted by Gasteiger charge is 2.50. The fraction of sp³-hybridized carbons (Fsp3) is 0.857. The van der Waals surface area contributed by atoms with Gasteiger partial charge in [0.05, 0.1) is 11.2 Å². The van der Waals surface area contributed by atoms with E-state index in [1.54, 1.807) is 0 Å². The maximum atomic E-state index is 6.09. The molecule has 1 fully saturated rings. The lowest BCUT2D eigenvalue weighted by molar-refractivity contribution is -0.153. The topological polar surface area (TPSA) is 27.7 Å². The second-order valence-electron chi connectivity index (χ2n) is 6.84. The van der Waals surface area contributed by atoms with Crippen molar-refractivity contribution in [1.29, 1.82) is 0 Å². The van der Waals surface area contributed by atoms with Crippen molar-refractivity contribution in [3.63, 3.8) is 0 Å². The van der Waals surface area contributed by atoms with E-state index < -0.39 is 0 Å². The number of fused-ring (bicyclic) bond motifs is 2. The Hall–Kier alpha value is -0.380. The van der Waals surface area contributed by atoms with Gasteiger partial charge >= 0.3 is 0 Å². The first-order valence-electron chi connectivity index (χ1n) is 6.35. The Labute approximate surface area is 104 Å². The Bertz CT molecular complexity index is 278. The van der Waals surface area contributed by atoms with Crippen LogP contribution in [-0.4, -0.2) is 35.6 Å². The van der Waals surface area contributed by atoms with Crippen LogP contribution >= 0.6 is 0 Å². The van der Waals surface area contributed by atoms with Crippen LogP contribution in [0.1, 0.15) is 41.5 Å². The Balaban J connectivity index is 2.10. The molecule has 2 aliphatic heterocycles. The zero-order chi connectivity index (χ0) is 12.8.